The largest absolute Gasteiger partial charge is 0.378 e. The van der Waals surface area contributed by atoms with E-state index in [-0.39, 0.29) is 11.5 Å². The molecule has 1 N–H and O–H groups in total. The number of hydrogen-bond donors (Lipinski definition) is 1. The van der Waals surface area contributed by atoms with Crippen LogP contribution in [0, 0.1) is 0 Å². The van der Waals surface area contributed by atoms with E-state index in [4.69, 9.17) is 4.74 Å². The molecule has 0 aromatic carbocycles. The van der Waals surface area contributed by atoms with Gasteiger partial charge < -0.3 is 15.0 Å². The molecule has 2 saturated heterocycles. The van der Waals surface area contributed by atoms with Gasteiger partial charge in [-0.3, -0.25) is 4.79 Å². The maximum Gasteiger partial charge on any atom is 0.225 e. The van der Waals surface area contributed by atoms with E-state index in [2.05, 4.69) is 17.1 Å². The molecule has 4 nitrogen and oxygen atoms in total. The molecule has 0 aromatic rings. The fraction of sp³-hybridized carbons (Fsp3) is 0.933. The lowest BCUT2D eigenvalue weighted by atomic mass is 9.96. The van der Waals surface area contributed by atoms with Crippen molar-refractivity contribution >= 4 is 5.91 Å². The first kappa shape index (κ1) is 14.8. The van der Waals surface area contributed by atoms with Crippen molar-refractivity contribution in [3.8, 4) is 0 Å². The van der Waals surface area contributed by atoms with E-state index in [0.29, 0.717) is 24.5 Å². The summed E-state index contributed by atoms with van der Waals surface area (Å²) in [6.45, 7) is 6.85. The second-order valence-corrected chi connectivity index (χ2v) is 6.58. The first-order valence-corrected chi connectivity index (χ1v) is 7.56. The van der Waals surface area contributed by atoms with E-state index in [1.54, 1.807) is 7.11 Å². The molecule has 0 spiro atoms. The molecular weight excluding hydrogens is 240 g/mol. The van der Waals surface area contributed by atoms with Crippen LogP contribution in [0.1, 0.15) is 52.9 Å². The number of carbonyl (C=O) groups is 1. The molecule has 2 aliphatic heterocycles. The molecule has 0 saturated carbocycles. The lowest BCUT2D eigenvalue weighted by Gasteiger charge is -2.38. The van der Waals surface area contributed by atoms with Crippen LogP contribution in [0.2, 0.25) is 0 Å². The standard InChI is InChI=1S/C15H28N2O2/c1-5-17(14(18)10-15(2,3)19-4)13-8-11-6-7-12(9-13)16-11/h11-13,16H,5-10H2,1-4H3. The second-order valence-electron chi connectivity index (χ2n) is 6.58. The number of carbonyl (C=O) groups excluding carboxylic acids is 1. The topological polar surface area (TPSA) is 41.6 Å². The summed E-state index contributed by atoms with van der Waals surface area (Å²) >= 11 is 0. The normalized spacial score (nSPS) is 30.4. The summed E-state index contributed by atoms with van der Waals surface area (Å²) in [7, 11) is 1.67. The Morgan fingerprint density at radius 3 is 2.37 bits per heavy atom. The predicted molar refractivity (Wildman–Crippen MR) is 76.1 cm³/mol. The Bertz CT molecular complexity index is 318. The minimum Gasteiger partial charge on any atom is -0.378 e. The van der Waals surface area contributed by atoms with Gasteiger partial charge >= 0.3 is 0 Å². The third-order valence-corrected chi connectivity index (χ3v) is 4.68. The van der Waals surface area contributed by atoms with Crippen molar-refractivity contribution in [3.63, 3.8) is 0 Å². The van der Waals surface area contributed by atoms with Gasteiger partial charge in [-0.25, -0.2) is 0 Å². The first-order valence-electron chi connectivity index (χ1n) is 7.56. The third kappa shape index (κ3) is 3.48. The number of rotatable bonds is 5. The molecule has 2 aliphatic rings. The molecule has 2 heterocycles. The summed E-state index contributed by atoms with van der Waals surface area (Å²) in [6.07, 6.45) is 5.25. The number of nitrogens with one attached hydrogen (secondary N) is 1. The Morgan fingerprint density at radius 2 is 1.89 bits per heavy atom. The van der Waals surface area contributed by atoms with Crippen LogP contribution < -0.4 is 5.32 Å². The number of piperidine rings is 1. The van der Waals surface area contributed by atoms with Gasteiger partial charge in [0, 0.05) is 31.8 Å². The van der Waals surface area contributed by atoms with Crippen LogP contribution in [0.4, 0.5) is 0 Å². The number of ether oxygens (including phenoxy) is 1. The Labute approximate surface area is 116 Å². The van der Waals surface area contributed by atoms with E-state index < -0.39 is 0 Å². The number of hydrogen-bond acceptors (Lipinski definition) is 3. The number of nitrogens with zero attached hydrogens (tertiary/aromatic N) is 1. The lowest BCUT2D eigenvalue weighted by molar-refractivity contribution is -0.139. The van der Waals surface area contributed by atoms with E-state index >= 15 is 0 Å². The highest BCUT2D eigenvalue weighted by Gasteiger charge is 2.37. The van der Waals surface area contributed by atoms with Gasteiger partial charge in [0.1, 0.15) is 0 Å². The van der Waals surface area contributed by atoms with Gasteiger partial charge in [-0.2, -0.15) is 0 Å². The maximum atomic E-state index is 12.5. The summed E-state index contributed by atoms with van der Waals surface area (Å²) in [6, 6.07) is 1.67. The molecule has 2 unspecified atom stereocenters. The zero-order valence-electron chi connectivity index (χ0n) is 12.7. The number of fused-ring (bicyclic) bond motifs is 2. The van der Waals surface area contributed by atoms with Crippen LogP contribution in [0.3, 0.4) is 0 Å². The van der Waals surface area contributed by atoms with Crippen molar-refractivity contribution in [2.45, 2.75) is 76.6 Å². The molecule has 1 amide bonds. The fourth-order valence-electron chi connectivity index (χ4n) is 3.46. The third-order valence-electron chi connectivity index (χ3n) is 4.68. The summed E-state index contributed by atoms with van der Waals surface area (Å²) < 4.78 is 5.39. The highest BCUT2D eigenvalue weighted by atomic mass is 16.5. The van der Waals surface area contributed by atoms with Gasteiger partial charge in [0.15, 0.2) is 0 Å². The molecule has 0 aliphatic carbocycles. The Balaban J connectivity index is 1.97. The van der Waals surface area contributed by atoms with Gasteiger partial charge in [-0.05, 0) is 46.5 Å². The molecule has 110 valence electrons. The summed E-state index contributed by atoms with van der Waals surface area (Å²) in [5.74, 6) is 0.237. The molecule has 2 rings (SSSR count). The van der Waals surface area contributed by atoms with E-state index in [1.165, 1.54) is 12.8 Å². The van der Waals surface area contributed by atoms with Gasteiger partial charge in [-0.1, -0.05) is 0 Å². The molecule has 2 fully saturated rings. The highest BCUT2D eigenvalue weighted by Crippen LogP contribution is 2.30. The van der Waals surface area contributed by atoms with Crippen LogP contribution >= 0.6 is 0 Å². The first-order chi connectivity index (χ1) is 8.95. The molecule has 2 bridgehead atoms. The Morgan fingerprint density at radius 1 is 1.32 bits per heavy atom. The monoisotopic (exact) mass is 268 g/mol. The average molecular weight is 268 g/mol. The van der Waals surface area contributed by atoms with Crippen LogP contribution in [0.15, 0.2) is 0 Å². The van der Waals surface area contributed by atoms with Crippen molar-refractivity contribution in [1.82, 2.24) is 10.2 Å². The van der Waals surface area contributed by atoms with Crippen molar-refractivity contribution in [2.24, 2.45) is 0 Å². The van der Waals surface area contributed by atoms with Crippen molar-refractivity contribution < 1.29 is 9.53 Å². The van der Waals surface area contributed by atoms with Crippen molar-refractivity contribution in [3.05, 3.63) is 0 Å². The second kappa shape index (κ2) is 5.80. The van der Waals surface area contributed by atoms with Crippen molar-refractivity contribution in [1.29, 1.82) is 0 Å². The fourth-order valence-corrected chi connectivity index (χ4v) is 3.46. The molecule has 0 aromatic heterocycles. The van der Waals surface area contributed by atoms with Gasteiger partial charge in [0.05, 0.1) is 12.0 Å². The van der Waals surface area contributed by atoms with Crippen molar-refractivity contribution in [2.75, 3.05) is 13.7 Å². The zero-order chi connectivity index (χ0) is 14.0. The van der Waals surface area contributed by atoms with Gasteiger partial charge in [0.25, 0.3) is 0 Å². The van der Waals surface area contributed by atoms with Crippen LogP contribution in [-0.4, -0.2) is 48.2 Å². The van der Waals surface area contributed by atoms with Gasteiger partial charge in [-0.15, -0.1) is 0 Å². The number of methoxy groups -OCH3 is 1. The SMILES string of the molecule is CCN(C(=O)CC(C)(C)OC)C1CC2CCC(C1)N2. The van der Waals surface area contributed by atoms with Crippen LogP contribution in [-0.2, 0) is 9.53 Å². The van der Waals surface area contributed by atoms with E-state index in [0.717, 1.165) is 19.4 Å². The van der Waals surface area contributed by atoms with Gasteiger partial charge in [0.2, 0.25) is 5.91 Å². The summed E-state index contributed by atoms with van der Waals surface area (Å²) in [5, 5.41) is 3.63. The zero-order valence-corrected chi connectivity index (χ0v) is 12.7. The molecule has 19 heavy (non-hydrogen) atoms. The maximum absolute atomic E-state index is 12.5. The Hall–Kier alpha value is -0.610. The molecule has 2 atom stereocenters. The predicted octanol–water partition coefficient (Wildman–Crippen LogP) is 1.93. The van der Waals surface area contributed by atoms with E-state index in [9.17, 15) is 4.79 Å². The summed E-state index contributed by atoms with van der Waals surface area (Å²) in [5.41, 5.74) is -0.365. The average Bonchev–Trinajstić information content (AvgIpc) is 2.69. The molecular formula is C15H28N2O2. The summed E-state index contributed by atoms with van der Waals surface area (Å²) in [4.78, 5) is 14.6. The number of amides is 1. The van der Waals surface area contributed by atoms with E-state index in [1.807, 2.05) is 13.8 Å². The van der Waals surface area contributed by atoms with Crippen LogP contribution in [0.25, 0.3) is 0 Å². The smallest absolute Gasteiger partial charge is 0.225 e. The minimum absolute atomic E-state index is 0.237. The molecule has 0 radical (unpaired) electrons. The Kier molecular flexibility index (Phi) is 4.51. The molecule has 4 heteroatoms. The lowest BCUT2D eigenvalue weighted by Crippen LogP contribution is -2.51. The quantitative estimate of drug-likeness (QED) is 0.828. The highest BCUT2D eigenvalue weighted by molar-refractivity contribution is 5.77. The van der Waals surface area contributed by atoms with Crippen LogP contribution in [0.5, 0.6) is 0 Å². The minimum atomic E-state index is -0.365.